The standard InChI is InChI=1S/C27H24N4O3S/c1-3-28-14-16-4-8-19(9-5-16)30-25(17-7-11-21-23(13-17)35-15-29-21)24-20-10-6-18(27(33)34-2)12-22(20)31-26(24)32/h4-13,15,28,30H,3,14H2,1-2H3,(H,31,32)/b25-24-. The van der Waals surface area contributed by atoms with Crippen LogP contribution in [0.3, 0.4) is 0 Å². The van der Waals surface area contributed by atoms with Crippen LogP contribution in [0.5, 0.6) is 0 Å². The molecule has 35 heavy (non-hydrogen) atoms. The predicted molar refractivity (Wildman–Crippen MR) is 140 cm³/mol. The lowest BCUT2D eigenvalue weighted by Gasteiger charge is -2.15. The van der Waals surface area contributed by atoms with Crippen LogP contribution in [-0.4, -0.2) is 30.5 Å². The summed E-state index contributed by atoms with van der Waals surface area (Å²) in [6.45, 7) is 3.78. The van der Waals surface area contributed by atoms with Crippen LogP contribution in [0.4, 0.5) is 11.4 Å². The van der Waals surface area contributed by atoms with Crippen molar-refractivity contribution in [1.29, 1.82) is 0 Å². The molecule has 1 amide bonds. The molecule has 0 atom stereocenters. The first-order valence-electron chi connectivity index (χ1n) is 11.3. The van der Waals surface area contributed by atoms with Crippen LogP contribution in [0.2, 0.25) is 0 Å². The molecule has 1 aromatic heterocycles. The van der Waals surface area contributed by atoms with Crippen molar-refractivity contribution in [3.8, 4) is 0 Å². The van der Waals surface area contributed by atoms with Gasteiger partial charge in [0, 0.05) is 23.4 Å². The van der Waals surface area contributed by atoms with E-state index in [0.717, 1.165) is 40.1 Å². The molecule has 3 N–H and O–H groups in total. The maximum Gasteiger partial charge on any atom is 0.337 e. The predicted octanol–water partition coefficient (Wildman–Crippen LogP) is 5.12. The molecular weight excluding hydrogens is 460 g/mol. The first-order valence-corrected chi connectivity index (χ1v) is 12.1. The van der Waals surface area contributed by atoms with Crippen molar-refractivity contribution >= 4 is 56.1 Å². The smallest absolute Gasteiger partial charge is 0.337 e. The Morgan fingerprint density at radius 3 is 2.63 bits per heavy atom. The quantitative estimate of drug-likeness (QED) is 0.249. The molecule has 1 aliphatic heterocycles. The minimum atomic E-state index is -0.453. The van der Waals surface area contributed by atoms with Crippen molar-refractivity contribution < 1.29 is 14.3 Å². The zero-order valence-corrected chi connectivity index (χ0v) is 20.2. The Morgan fingerprint density at radius 1 is 1.06 bits per heavy atom. The average Bonchev–Trinajstić information content (AvgIpc) is 3.48. The number of nitrogens with one attached hydrogen (secondary N) is 3. The maximum absolute atomic E-state index is 13.2. The summed E-state index contributed by atoms with van der Waals surface area (Å²) in [5.41, 5.74) is 8.50. The van der Waals surface area contributed by atoms with Crippen LogP contribution >= 0.6 is 11.3 Å². The molecule has 0 aliphatic carbocycles. The van der Waals surface area contributed by atoms with Gasteiger partial charge in [-0.05, 0) is 48.5 Å². The van der Waals surface area contributed by atoms with E-state index in [1.165, 1.54) is 12.7 Å². The summed E-state index contributed by atoms with van der Waals surface area (Å²) in [6, 6.07) is 19.2. The number of fused-ring (bicyclic) bond motifs is 2. The highest BCUT2D eigenvalue weighted by Gasteiger charge is 2.29. The topological polar surface area (TPSA) is 92.3 Å². The second kappa shape index (κ2) is 9.69. The zero-order valence-electron chi connectivity index (χ0n) is 19.3. The number of amides is 1. The molecule has 0 unspecified atom stereocenters. The lowest BCUT2D eigenvalue weighted by molar-refractivity contribution is -0.110. The Bertz CT molecular complexity index is 1460. The number of hydrogen-bond donors (Lipinski definition) is 3. The summed E-state index contributed by atoms with van der Waals surface area (Å²) in [4.78, 5) is 29.6. The van der Waals surface area contributed by atoms with Gasteiger partial charge in [-0.25, -0.2) is 9.78 Å². The molecule has 4 aromatic rings. The highest BCUT2D eigenvalue weighted by atomic mass is 32.1. The number of hydrogen-bond acceptors (Lipinski definition) is 7. The number of esters is 1. The molecule has 3 aromatic carbocycles. The molecule has 0 saturated carbocycles. The molecule has 0 spiro atoms. The van der Waals surface area contributed by atoms with Gasteiger partial charge in [0.25, 0.3) is 5.91 Å². The first-order chi connectivity index (χ1) is 17.1. The van der Waals surface area contributed by atoms with E-state index in [0.29, 0.717) is 22.5 Å². The van der Waals surface area contributed by atoms with Crippen LogP contribution in [-0.2, 0) is 16.1 Å². The number of carbonyl (C=O) groups excluding carboxylic acids is 2. The molecule has 0 bridgehead atoms. The van der Waals surface area contributed by atoms with Gasteiger partial charge in [0.05, 0.1) is 45.4 Å². The monoisotopic (exact) mass is 484 g/mol. The summed E-state index contributed by atoms with van der Waals surface area (Å²) in [7, 11) is 1.33. The molecule has 7 nitrogen and oxygen atoms in total. The van der Waals surface area contributed by atoms with Crippen molar-refractivity contribution in [3.63, 3.8) is 0 Å². The molecule has 2 heterocycles. The van der Waals surface area contributed by atoms with E-state index in [9.17, 15) is 9.59 Å². The van der Waals surface area contributed by atoms with Crippen molar-refractivity contribution in [1.82, 2.24) is 10.3 Å². The Labute approximate surface area is 206 Å². The average molecular weight is 485 g/mol. The number of anilines is 2. The molecular formula is C27H24N4O3S. The minimum Gasteiger partial charge on any atom is -0.465 e. The van der Waals surface area contributed by atoms with Gasteiger partial charge >= 0.3 is 5.97 Å². The Balaban J connectivity index is 1.61. The molecule has 1 aliphatic rings. The normalized spacial score (nSPS) is 13.9. The Hall–Kier alpha value is -4.01. The van der Waals surface area contributed by atoms with Crippen LogP contribution < -0.4 is 16.0 Å². The van der Waals surface area contributed by atoms with E-state index in [4.69, 9.17) is 4.74 Å². The third-order valence-electron chi connectivity index (χ3n) is 5.86. The van der Waals surface area contributed by atoms with E-state index in [2.05, 4.69) is 40.0 Å². The van der Waals surface area contributed by atoms with Gasteiger partial charge in [-0.15, -0.1) is 11.3 Å². The second-order valence-electron chi connectivity index (χ2n) is 8.09. The van der Waals surface area contributed by atoms with E-state index in [1.807, 2.05) is 35.8 Å². The number of benzene rings is 3. The summed E-state index contributed by atoms with van der Waals surface area (Å²) < 4.78 is 5.86. The third-order valence-corrected chi connectivity index (χ3v) is 6.65. The SMILES string of the molecule is CCNCc1ccc(N/C(=C2\C(=O)Nc3cc(C(=O)OC)ccc32)c2ccc3ncsc3c2)cc1. The fourth-order valence-electron chi connectivity index (χ4n) is 4.08. The Morgan fingerprint density at radius 2 is 1.86 bits per heavy atom. The van der Waals surface area contributed by atoms with Gasteiger partial charge in [0.15, 0.2) is 0 Å². The number of nitrogens with zero attached hydrogens (tertiary/aromatic N) is 1. The molecule has 8 heteroatoms. The van der Waals surface area contributed by atoms with Gasteiger partial charge in [0.2, 0.25) is 0 Å². The van der Waals surface area contributed by atoms with Crippen molar-refractivity contribution in [2.45, 2.75) is 13.5 Å². The summed E-state index contributed by atoms with van der Waals surface area (Å²) >= 11 is 1.55. The van der Waals surface area contributed by atoms with Gasteiger partial charge in [-0.2, -0.15) is 0 Å². The van der Waals surface area contributed by atoms with E-state index >= 15 is 0 Å². The lowest BCUT2D eigenvalue weighted by atomic mass is 9.98. The van der Waals surface area contributed by atoms with E-state index < -0.39 is 5.97 Å². The number of thiazole rings is 1. The number of aromatic nitrogens is 1. The summed E-state index contributed by atoms with van der Waals surface area (Å²) in [5, 5.41) is 9.72. The van der Waals surface area contributed by atoms with Gasteiger partial charge in [-0.1, -0.05) is 31.2 Å². The molecule has 5 rings (SSSR count). The van der Waals surface area contributed by atoms with Gasteiger partial charge in [0.1, 0.15) is 0 Å². The highest BCUT2D eigenvalue weighted by molar-refractivity contribution is 7.16. The molecule has 0 fully saturated rings. The Kier molecular flexibility index (Phi) is 6.31. The van der Waals surface area contributed by atoms with Crippen LogP contribution in [0.25, 0.3) is 21.5 Å². The molecule has 0 radical (unpaired) electrons. The third kappa shape index (κ3) is 4.53. The number of rotatable bonds is 7. The maximum atomic E-state index is 13.2. The van der Waals surface area contributed by atoms with Crippen LogP contribution in [0.1, 0.15) is 34.0 Å². The van der Waals surface area contributed by atoms with Gasteiger partial charge in [-0.3, -0.25) is 4.79 Å². The largest absolute Gasteiger partial charge is 0.465 e. The minimum absolute atomic E-state index is 0.238. The number of carbonyl (C=O) groups is 2. The lowest BCUT2D eigenvalue weighted by Crippen LogP contribution is -2.12. The van der Waals surface area contributed by atoms with Gasteiger partial charge < -0.3 is 20.7 Å². The fourth-order valence-corrected chi connectivity index (χ4v) is 4.79. The molecule has 0 saturated heterocycles. The second-order valence-corrected chi connectivity index (χ2v) is 8.98. The van der Waals surface area contributed by atoms with Crippen LogP contribution in [0, 0.1) is 0 Å². The fraction of sp³-hybridized carbons (Fsp3) is 0.148. The number of methoxy groups -OCH3 is 1. The summed E-state index contributed by atoms with van der Waals surface area (Å²) in [5.74, 6) is -0.691. The first kappa shape index (κ1) is 22.8. The van der Waals surface area contributed by atoms with Crippen molar-refractivity contribution in [2.75, 3.05) is 24.3 Å². The van der Waals surface area contributed by atoms with E-state index in [1.54, 1.807) is 29.5 Å². The highest BCUT2D eigenvalue weighted by Crippen LogP contribution is 2.39. The van der Waals surface area contributed by atoms with Crippen LogP contribution in [0.15, 0.2) is 66.2 Å². The zero-order chi connectivity index (χ0) is 24.4. The van der Waals surface area contributed by atoms with E-state index in [-0.39, 0.29) is 5.91 Å². The molecule has 176 valence electrons. The summed E-state index contributed by atoms with van der Waals surface area (Å²) in [6.07, 6.45) is 0. The number of ether oxygens (including phenoxy) is 1. The van der Waals surface area contributed by atoms with Crippen molar-refractivity contribution in [2.24, 2.45) is 0 Å². The van der Waals surface area contributed by atoms with Crippen molar-refractivity contribution in [3.05, 3.63) is 88.4 Å².